The number of ether oxygens (including phenoxy) is 4. The summed E-state index contributed by atoms with van der Waals surface area (Å²) in [6.07, 6.45) is 3.24. The van der Waals surface area contributed by atoms with E-state index in [9.17, 15) is 10.2 Å². The first kappa shape index (κ1) is 37.9. The summed E-state index contributed by atoms with van der Waals surface area (Å²) in [5.74, 6) is 2.74. The molecule has 0 aliphatic carbocycles. The summed E-state index contributed by atoms with van der Waals surface area (Å²) in [6, 6.07) is 10.1. The molecule has 4 heterocycles. The van der Waals surface area contributed by atoms with Gasteiger partial charge in [0.1, 0.15) is 26.4 Å². The van der Waals surface area contributed by atoms with Gasteiger partial charge in [0.2, 0.25) is 0 Å². The van der Waals surface area contributed by atoms with E-state index in [-0.39, 0.29) is 26.4 Å². The van der Waals surface area contributed by atoms with Gasteiger partial charge >= 0.3 is 0 Å². The monoisotopic (exact) mass is 632 g/mol. The molecule has 252 valence electrons. The lowest BCUT2D eigenvalue weighted by atomic mass is 10.0. The number of hydrogen-bond donors (Lipinski definition) is 3. The lowest BCUT2D eigenvalue weighted by Crippen LogP contribution is -2.40. The second kappa shape index (κ2) is 18.6. The number of nitrogens with zero attached hydrogens (tertiary/aromatic N) is 5. The Bertz CT molecular complexity index is 1220. The predicted octanol–water partition coefficient (Wildman–Crippen LogP) is 3.63. The number of fused-ring (bicyclic) bond motifs is 2. The number of likely N-dealkylation sites (tertiary alicyclic amines) is 2. The molecule has 0 amide bonds. The zero-order valence-corrected chi connectivity index (χ0v) is 24.5. The molecule has 45 heavy (non-hydrogen) atoms. The fraction of sp³-hybridized carbons (Fsp3) is 0.625. The molecule has 2 aromatic carbocycles. The van der Waals surface area contributed by atoms with Gasteiger partial charge in [-0.2, -0.15) is 0 Å². The number of rotatable bonds is 9. The first-order chi connectivity index (χ1) is 20.5. The quantitative estimate of drug-likeness (QED) is 0.210. The van der Waals surface area contributed by atoms with Gasteiger partial charge in [0, 0.05) is 24.0 Å². The summed E-state index contributed by atoms with van der Waals surface area (Å²) in [4.78, 5) is 7.43. The van der Waals surface area contributed by atoms with Gasteiger partial charge in [-0.25, -0.2) is 0 Å². The van der Waals surface area contributed by atoms with Gasteiger partial charge in [-0.15, -0.1) is 0 Å². The van der Waals surface area contributed by atoms with Gasteiger partial charge in [-0.05, 0) is 92.8 Å². The van der Waals surface area contributed by atoms with Crippen molar-refractivity contribution in [2.24, 2.45) is 10.8 Å². The lowest BCUT2D eigenvalue weighted by molar-refractivity contribution is 0.123. The summed E-state index contributed by atoms with van der Waals surface area (Å²) in [7, 11) is 0. The normalized spacial score (nSPS) is 19.5. The second-order valence-electron chi connectivity index (χ2n) is 11.1. The van der Waals surface area contributed by atoms with Gasteiger partial charge in [-0.3, -0.25) is 0 Å². The molecule has 2 fully saturated rings. The maximum atomic E-state index is 10.6. The minimum Gasteiger partial charge on any atom is -0.486 e. The number of nitrogens with two attached hydrogens (primary N) is 1. The van der Waals surface area contributed by atoms with Crippen LogP contribution in [0.15, 0.2) is 41.5 Å². The molecule has 0 saturated carbocycles. The fourth-order valence-electron chi connectivity index (χ4n) is 5.82. The van der Waals surface area contributed by atoms with Crippen LogP contribution < -0.4 is 24.7 Å². The molecule has 0 aromatic heterocycles. The Morgan fingerprint density at radius 2 is 1.13 bits per heavy atom. The van der Waals surface area contributed by atoms with Crippen molar-refractivity contribution >= 4 is 0 Å². The van der Waals surface area contributed by atoms with Crippen LogP contribution in [0.4, 0.5) is 0 Å². The molecule has 0 bridgehead atoms. The van der Waals surface area contributed by atoms with Crippen LogP contribution in [0.2, 0.25) is 0 Å². The Morgan fingerprint density at radius 1 is 0.711 bits per heavy atom. The van der Waals surface area contributed by atoms with Crippen LogP contribution in [0, 0.1) is 0 Å². The van der Waals surface area contributed by atoms with E-state index < -0.39 is 18.2 Å². The van der Waals surface area contributed by atoms with E-state index in [0.717, 1.165) is 56.9 Å². The number of benzene rings is 2. The number of aliphatic hydroxyl groups excluding tert-OH is 2. The molecular formula is C32H52N6O7. The first-order valence-electron chi connectivity index (χ1n) is 14.9. The summed E-state index contributed by atoms with van der Waals surface area (Å²) in [6.45, 7) is 7.61. The van der Waals surface area contributed by atoms with E-state index in [1.54, 1.807) is 18.2 Å². The van der Waals surface area contributed by atoms with E-state index in [2.05, 4.69) is 19.8 Å². The van der Waals surface area contributed by atoms with Crippen LogP contribution in [0.25, 0.3) is 10.4 Å². The Balaban J connectivity index is 0.000000295. The van der Waals surface area contributed by atoms with E-state index in [1.165, 1.54) is 12.8 Å². The largest absolute Gasteiger partial charge is 0.486 e. The number of aliphatic hydroxyl groups is 2. The van der Waals surface area contributed by atoms with Crippen molar-refractivity contribution in [3.05, 3.63) is 58.0 Å². The van der Waals surface area contributed by atoms with Crippen LogP contribution >= 0.6 is 0 Å². The Morgan fingerprint density at radius 3 is 1.60 bits per heavy atom. The number of azide groups is 1. The van der Waals surface area contributed by atoms with E-state index in [1.807, 2.05) is 18.2 Å². The van der Waals surface area contributed by atoms with Gasteiger partial charge in [0.15, 0.2) is 23.0 Å². The second-order valence-corrected chi connectivity index (χ2v) is 11.1. The molecule has 6 rings (SSSR count). The molecular weight excluding hydrogens is 580 g/mol. The Labute approximate surface area is 266 Å². The average Bonchev–Trinajstić information content (AvgIpc) is 3.75. The SMILES string of the molecule is C.C.N[C@H](CN1CCCC1)[C@H](O)c1ccc2c(c1)OCCO2.O.[N-]=[N+]=NC(CN1CCCC1)[C@H](O)c1ccc2c(c1)OCCO2. The van der Waals surface area contributed by atoms with Crippen molar-refractivity contribution in [1.29, 1.82) is 0 Å². The third-order valence-electron chi connectivity index (χ3n) is 8.10. The van der Waals surface area contributed by atoms with Crippen LogP contribution in [-0.4, -0.2) is 103 Å². The van der Waals surface area contributed by atoms with Gasteiger partial charge in [-0.1, -0.05) is 32.1 Å². The third kappa shape index (κ3) is 10.1. The zero-order valence-electron chi connectivity index (χ0n) is 24.5. The summed E-state index contributed by atoms with van der Waals surface area (Å²) in [5, 5.41) is 24.8. The molecule has 0 spiro atoms. The minimum atomic E-state index is -0.854. The van der Waals surface area contributed by atoms with Crippen molar-refractivity contribution < 1.29 is 34.6 Å². The average molecular weight is 633 g/mol. The summed E-state index contributed by atoms with van der Waals surface area (Å²) in [5.41, 5.74) is 16.4. The van der Waals surface area contributed by atoms with Crippen LogP contribution in [-0.2, 0) is 0 Å². The summed E-state index contributed by atoms with van der Waals surface area (Å²) >= 11 is 0. The van der Waals surface area contributed by atoms with Gasteiger partial charge in [0.25, 0.3) is 0 Å². The van der Waals surface area contributed by atoms with Crippen molar-refractivity contribution in [2.75, 3.05) is 65.7 Å². The summed E-state index contributed by atoms with van der Waals surface area (Å²) < 4.78 is 22.0. The molecule has 13 heteroatoms. The molecule has 4 aliphatic rings. The Kier molecular flexibility index (Phi) is 15.7. The molecule has 0 radical (unpaired) electrons. The first-order valence-corrected chi connectivity index (χ1v) is 14.9. The molecule has 2 aromatic rings. The maximum Gasteiger partial charge on any atom is 0.161 e. The molecule has 4 aliphatic heterocycles. The molecule has 6 N–H and O–H groups in total. The van der Waals surface area contributed by atoms with E-state index >= 15 is 0 Å². The highest BCUT2D eigenvalue weighted by Crippen LogP contribution is 2.35. The molecule has 4 atom stereocenters. The predicted molar refractivity (Wildman–Crippen MR) is 174 cm³/mol. The van der Waals surface area contributed by atoms with Crippen LogP contribution in [0.5, 0.6) is 23.0 Å². The van der Waals surface area contributed by atoms with Gasteiger partial charge in [0.05, 0.1) is 18.2 Å². The van der Waals surface area contributed by atoms with Crippen LogP contribution in [0.1, 0.15) is 63.9 Å². The topological polar surface area (TPSA) is 190 Å². The standard InChI is InChI=1S/C15H20N4O3.C15H22N2O3.2CH4.H2O/c16-18-17-12(10-19-5-1-2-6-19)15(20)11-3-4-13-14(9-11)22-8-7-21-13;16-12(10-17-5-1-2-6-17)15(18)11-3-4-13-14(9-11)20-8-7-19-13;;;/h3-4,9,12,15,20H,1-2,5-8,10H2;3-4,9,12,15,18H,1-2,5-8,10,16H2;2*1H4;1H2/t12?,15-;12-,15-;;;/m11.../s1. The molecule has 1 unspecified atom stereocenters. The third-order valence-corrected chi connectivity index (χ3v) is 8.10. The fourth-order valence-corrected chi connectivity index (χ4v) is 5.82. The number of hydrogen-bond acceptors (Lipinski definition) is 10. The smallest absolute Gasteiger partial charge is 0.161 e. The van der Waals surface area contributed by atoms with Crippen LogP contribution in [0.3, 0.4) is 0 Å². The Hall–Kier alpha value is -3.29. The van der Waals surface area contributed by atoms with E-state index in [4.69, 9.17) is 30.2 Å². The lowest BCUT2D eigenvalue weighted by Gasteiger charge is -2.26. The zero-order chi connectivity index (χ0) is 29.3. The van der Waals surface area contributed by atoms with E-state index in [0.29, 0.717) is 55.8 Å². The molecule has 13 nitrogen and oxygen atoms in total. The molecule has 2 saturated heterocycles. The minimum absolute atomic E-state index is 0. The highest BCUT2D eigenvalue weighted by Gasteiger charge is 2.26. The van der Waals surface area contributed by atoms with Crippen molar-refractivity contribution in [3.8, 4) is 23.0 Å². The highest BCUT2D eigenvalue weighted by atomic mass is 16.6. The van der Waals surface area contributed by atoms with Crippen molar-refractivity contribution in [2.45, 2.75) is 64.8 Å². The van der Waals surface area contributed by atoms with Crippen molar-refractivity contribution in [1.82, 2.24) is 9.80 Å². The van der Waals surface area contributed by atoms with Crippen molar-refractivity contribution in [3.63, 3.8) is 0 Å². The van der Waals surface area contributed by atoms with Gasteiger partial charge < -0.3 is 50.2 Å². The maximum absolute atomic E-state index is 10.6. The highest BCUT2D eigenvalue weighted by molar-refractivity contribution is 5.45.